The number of ether oxygens (including phenoxy) is 1. The summed E-state index contributed by atoms with van der Waals surface area (Å²) in [5.74, 6) is 0.621. The van der Waals surface area contributed by atoms with Gasteiger partial charge in [0.25, 0.3) is 5.91 Å². The fourth-order valence-electron chi connectivity index (χ4n) is 5.40. The molecular formula is C29H31FN6O3. The molecule has 0 bridgehead atoms. The number of imide groups is 1. The van der Waals surface area contributed by atoms with Gasteiger partial charge in [0.1, 0.15) is 36.1 Å². The van der Waals surface area contributed by atoms with E-state index in [0.717, 1.165) is 22.2 Å². The molecule has 0 aliphatic carbocycles. The normalized spacial score (nSPS) is 16.4. The lowest BCUT2D eigenvalue weighted by atomic mass is 9.96. The minimum absolute atomic E-state index is 0.127. The highest BCUT2D eigenvalue weighted by Gasteiger charge is 2.44. The lowest BCUT2D eigenvalue weighted by molar-refractivity contribution is -0.127. The quantitative estimate of drug-likeness (QED) is 0.309. The molecule has 0 N–H and O–H groups in total. The topological polar surface area (TPSA) is 93.4 Å². The Balaban J connectivity index is 1.52. The standard InChI is InChI=1S/C29H31FN6O3/c1-7-35-28(37)19(5)36(29(35)38)18(4)22-13-20(30)11-16(2)24(22)14-39-25-10-8-9-21-23(12-17(3)33-26(21)25)27-31-15-32-34(27)6/h8-13,15,18-19H,7,14H2,1-6H3/t18-,19?/m0/s1. The molecule has 1 saturated heterocycles. The maximum absolute atomic E-state index is 14.7. The van der Waals surface area contributed by atoms with Crippen LogP contribution >= 0.6 is 0 Å². The zero-order valence-electron chi connectivity index (χ0n) is 22.9. The number of rotatable bonds is 7. The summed E-state index contributed by atoms with van der Waals surface area (Å²) >= 11 is 0. The molecule has 1 fully saturated rings. The zero-order chi connectivity index (χ0) is 28.0. The summed E-state index contributed by atoms with van der Waals surface area (Å²) in [6, 6.07) is 8.98. The van der Waals surface area contributed by atoms with Crippen molar-refractivity contribution in [1.82, 2.24) is 29.5 Å². The van der Waals surface area contributed by atoms with E-state index < -0.39 is 17.9 Å². The number of carbonyl (C=O) groups is 2. The molecule has 2 atom stereocenters. The Hall–Kier alpha value is -4.34. The summed E-state index contributed by atoms with van der Waals surface area (Å²) < 4.78 is 22.7. The van der Waals surface area contributed by atoms with Gasteiger partial charge in [-0.2, -0.15) is 5.10 Å². The van der Waals surface area contributed by atoms with Crippen molar-refractivity contribution in [2.24, 2.45) is 7.05 Å². The van der Waals surface area contributed by atoms with Crippen LogP contribution in [0.1, 0.15) is 49.2 Å². The van der Waals surface area contributed by atoms with E-state index in [9.17, 15) is 14.0 Å². The fourth-order valence-corrected chi connectivity index (χ4v) is 5.40. The van der Waals surface area contributed by atoms with E-state index in [-0.39, 0.29) is 25.1 Å². The van der Waals surface area contributed by atoms with Crippen LogP contribution in [0.2, 0.25) is 0 Å². The van der Waals surface area contributed by atoms with Crippen molar-refractivity contribution in [2.75, 3.05) is 6.54 Å². The summed E-state index contributed by atoms with van der Waals surface area (Å²) in [5, 5.41) is 5.07. The van der Waals surface area contributed by atoms with Crippen LogP contribution in [0.25, 0.3) is 22.3 Å². The molecule has 202 valence electrons. The lowest BCUT2D eigenvalue weighted by Gasteiger charge is -2.29. The highest BCUT2D eigenvalue weighted by Crippen LogP contribution is 2.35. The van der Waals surface area contributed by atoms with Gasteiger partial charge in [0.15, 0.2) is 5.82 Å². The average molecular weight is 531 g/mol. The van der Waals surface area contributed by atoms with E-state index in [2.05, 4.69) is 10.1 Å². The van der Waals surface area contributed by atoms with Crippen LogP contribution in [0.5, 0.6) is 5.75 Å². The van der Waals surface area contributed by atoms with E-state index in [1.54, 1.807) is 18.5 Å². The first-order chi connectivity index (χ1) is 18.6. The summed E-state index contributed by atoms with van der Waals surface area (Å²) in [6.07, 6.45) is 1.51. The van der Waals surface area contributed by atoms with Gasteiger partial charge in [0.2, 0.25) is 0 Å². The molecule has 0 spiro atoms. The van der Waals surface area contributed by atoms with E-state index in [1.807, 2.05) is 52.1 Å². The van der Waals surface area contributed by atoms with Gasteiger partial charge in [-0.3, -0.25) is 9.69 Å². The predicted octanol–water partition coefficient (Wildman–Crippen LogP) is 5.10. The molecule has 3 heterocycles. The molecule has 4 aromatic rings. The Kier molecular flexibility index (Phi) is 6.80. The second kappa shape index (κ2) is 10.1. The number of nitrogens with zero attached hydrogens (tertiary/aromatic N) is 6. The summed E-state index contributed by atoms with van der Waals surface area (Å²) in [6.45, 7) is 9.42. The highest BCUT2D eigenvalue weighted by molar-refractivity contribution is 6.04. The summed E-state index contributed by atoms with van der Waals surface area (Å²) in [5.41, 5.74) is 4.42. The van der Waals surface area contributed by atoms with Crippen LogP contribution in [0.3, 0.4) is 0 Å². The largest absolute Gasteiger partial charge is 0.487 e. The van der Waals surface area contributed by atoms with E-state index in [0.29, 0.717) is 28.2 Å². The van der Waals surface area contributed by atoms with Gasteiger partial charge in [-0.05, 0) is 75.6 Å². The maximum atomic E-state index is 14.7. The molecule has 10 heteroatoms. The predicted molar refractivity (Wildman–Crippen MR) is 144 cm³/mol. The first-order valence-corrected chi connectivity index (χ1v) is 12.9. The van der Waals surface area contributed by atoms with Crippen LogP contribution in [0, 0.1) is 19.7 Å². The number of hydrogen-bond donors (Lipinski definition) is 0. The number of benzene rings is 2. The van der Waals surface area contributed by atoms with Crippen molar-refractivity contribution < 1.29 is 18.7 Å². The molecule has 2 aromatic heterocycles. The fraction of sp³-hybridized carbons (Fsp3) is 0.345. The highest BCUT2D eigenvalue weighted by atomic mass is 19.1. The van der Waals surface area contributed by atoms with Gasteiger partial charge in [-0.15, -0.1) is 0 Å². The molecule has 39 heavy (non-hydrogen) atoms. The first kappa shape index (κ1) is 26.3. The van der Waals surface area contributed by atoms with Crippen molar-refractivity contribution >= 4 is 22.8 Å². The number of urea groups is 1. The van der Waals surface area contributed by atoms with E-state index in [1.165, 1.54) is 28.3 Å². The Morgan fingerprint density at radius 3 is 2.59 bits per heavy atom. The Morgan fingerprint density at radius 2 is 1.92 bits per heavy atom. The minimum Gasteiger partial charge on any atom is -0.487 e. The van der Waals surface area contributed by atoms with Gasteiger partial charge < -0.3 is 9.64 Å². The number of pyridine rings is 1. The minimum atomic E-state index is -0.644. The third-order valence-corrected chi connectivity index (χ3v) is 7.40. The number of fused-ring (bicyclic) bond motifs is 1. The number of halogens is 1. The number of para-hydroxylation sites is 1. The third-order valence-electron chi connectivity index (χ3n) is 7.40. The van der Waals surface area contributed by atoms with Crippen molar-refractivity contribution in [2.45, 2.75) is 53.3 Å². The molecule has 2 aromatic carbocycles. The van der Waals surface area contributed by atoms with Crippen LogP contribution in [0.15, 0.2) is 42.7 Å². The number of amides is 3. The van der Waals surface area contributed by atoms with Crippen molar-refractivity contribution in [1.29, 1.82) is 0 Å². The number of likely N-dealkylation sites (N-methyl/N-ethyl adjacent to an activating group) is 1. The van der Waals surface area contributed by atoms with Gasteiger partial charge in [0.05, 0.1) is 6.04 Å². The van der Waals surface area contributed by atoms with Crippen LogP contribution in [0.4, 0.5) is 9.18 Å². The monoisotopic (exact) mass is 530 g/mol. The molecular weight excluding hydrogens is 499 g/mol. The number of hydrogen-bond acceptors (Lipinski definition) is 6. The molecule has 1 unspecified atom stereocenters. The zero-order valence-corrected chi connectivity index (χ0v) is 22.9. The Labute approximate surface area is 226 Å². The Bertz CT molecular complexity index is 1600. The van der Waals surface area contributed by atoms with Gasteiger partial charge in [0, 0.05) is 30.2 Å². The van der Waals surface area contributed by atoms with Gasteiger partial charge in [-0.25, -0.2) is 23.8 Å². The van der Waals surface area contributed by atoms with Crippen molar-refractivity contribution in [3.8, 4) is 17.1 Å². The molecule has 5 rings (SSSR count). The van der Waals surface area contributed by atoms with Crippen molar-refractivity contribution in [3.05, 3.63) is 70.9 Å². The number of aryl methyl sites for hydroxylation is 3. The summed E-state index contributed by atoms with van der Waals surface area (Å²) in [4.78, 5) is 37.6. The smallest absolute Gasteiger partial charge is 0.327 e. The Morgan fingerprint density at radius 1 is 1.15 bits per heavy atom. The molecule has 0 radical (unpaired) electrons. The van der Waals surface area contributed by atoms with Crippen LogP contribution in [-0.2, 0) is 18.4 Å². The van der Waals surface area contributed by atoms with Crippen LogP contribution < -0.4 is 4.74 Å². The van der Waals surface area contributed by atoms with Crippen molar-refractivity contribution in [3.63, 3.8) is 0 Å². The van der Waals surface area contributed by atoms with E-state index in [4.69, 9.17) is 9.72 Å². The van der Waals surface area contributed by atoms with Crippen LogP contribution in [-0.4, -0.2) is 54.1 Å². The first-order valence-electron chi connectivity index (χ1n) is 12.9. The molecule has 3 amide bonds. The number of aromatic nitrogens is 4. The third kappa shape index (κ3) is 4.49. The average Bonchev–Trinajstić information content (AvgIpc) is 3.41. The van der Waals surface area contributed by atoms with Gasteiger partial charge >= 0.3 is 6.03 Å². The number of carbonyl (C=O) groups excluding carboxylic acids is 2. The maximum Gasteiger partial charge on any atom is 0.327 e. The molecule has 9 nitrogen and oxygen atoms in total. The SMILES string of the molecule is CCN1C(=O)C(C)N([C@@H](C)c2cc(F)cc(C)c2COc2cccc3c(-c4ncnn4C)cc(C)nc23)C1=O. The molecule has 1 aliphatic heterocycles. The molecule has 1 aliphatic rings. The second-order valence-corrected chi connectivity index (χ2v) is 9.87. The van der Waals surface area contributed by atoms with Gasteiger partial charge in [-0.1, -0.05) is 12.1 Å². The summed E-state index contributed by atoms with van der Waals surface area (Å²) in [7, 11) is 1.84. The molecule has 0 saturated carbocycles. The lowest BCUT2D eigenvalue weighted by Crippen LogP contribution is -2.36. The van der Waals surface area contributed by atoms with E-state index >= 15 is 0 Å². The second-order valence-electron chi connectivity index (χ2n) is 9.87.